The summed E-state index contributed by atoms with van der Waals surface area (Å²) in [5.41, 5.74) is 5.67. The van der Waals surface area contributed by atoms with E-state index in [-0.39, 0.29) is 18.9 Å². The number of carbonyl (C=O) groups excluding carboxylic acids is 1. The van der Waals surface area contributed by atoms with Crippen molar-refractivity contribution >= 4 is 22.8 Å². The van der Waals surface area contributed by atoms with E-state index in [0.717, 1.165) is 41.6 Å². The molecule has 2 aliphatic rings. The molecule has 0 saturated heterocycles. The van der Waals surface area contributed by atoms with Gasteiger partial charge in [0.05, 0.1) is 24.3 Å². The smallest absolute Gasteiger partial charge is 0.326 e. The SMILES string of the molecule is O=C(O)[C@H]1Cc2nc[nH]c2CN1C(=O)c1ccc2[nH]c3c(c2c1)CCCC3. The van der Waals surface area contributed by atoms with Gasteiger partial charge in [0.25, 0.3) is 5.91 Å². The van der Waals surface area contributed by atoms with Gasteiger partial charge in [-0.15, -0.1) is 0 Å². The largest absolute Gasteiger partial charge is 0.480 e. The summed E-state index contributed by atoms with van der Waals surface area (Å²) < 4.78 is 0. The fourth-order valence-corrected chi connectivity index (χ4v) is 4.37. The molecule has 3 N–H and O–H groups in total. The molecule has 0 saturated carbocycles. The highest BCUT2D eigenvalue weighted by Gasteiger charge is 2.36. The minimum atomic E-state index is -1.00. The Hall–Kier alpha value is -3.09. The maximum atomic E-state index is 13.2. The molecule has 7 heteroatoms. The van der Waals surface area contributed by atoms with E-state index in [9.17, 15) is 14.7 Å². The van der Waals surface area contributed by atoms with E-state index in [2.05, 4.69) is 15.0 Å². The van der Waals surface area contributed by atoms with Gasteiger partial charge in [-0.3, -0.25) is 4.79 Å². The highest BCUT2D eigenvalue weighted by Crippen LogP contribution is 2.31. The van der Waals surface area contributed by atoms with E-state index in [1.807, 2.05) is 12.1 Å². The van der Waals surface area contributed by atoms with E-state index in [1.54, 1.807) is 12.4 Å². The second-order valence-electron chi connectivity index (χ2n) is 7.37. The zero-order valence-corrected chi connectivity index (χ0v) is 14.8. The van der Waals surface area contributed by atoms with Gasteiger partial charge in [-0.1, -0.05) is 0 Å². The molecule has 1 amide bonds. The summed E-state index contributed by atoms with van der Waals surface area (Å²) >= 11 is 0. The van der Waals surface area contributed by atoms with Crippen LogP contribution in [-0.2, 0) is 30.6 Å². The van der Waals surface area contributed by atoms with Crippen LogP contribution in [0.15, 0.2) is 24.5 Å². The lowest BCUT2D eigenvalue weighted by atomic mass is 9.95. The number of aliphatic carboxylic acids is 1. The Morgan fingerprint density at radius 1 is 1.19 bits per heavy atom. The van der Waals surface area contributed by atoms with E-state index in [0.29, 0.717) is 5.56 Å². The van der Waals surface area contributed by atoms with Crippen molar-refractivity contribution in [1.82, 2.24) is 19.9 Å². The van der Waals surface area contributed by atoms with Crippen LogP contribution < -0.4 is 0 Å². The quantitative estimate of drug-likeness (QED) is 0.650. The Bertz CT molecular complexity index is 1060. The molecule has 0 unspecified atom stereocenters. The standard InChI is InChI=1S/C20H20N4O3/c25-19(24-9-17-16(21-10-22-17)8-18(24)20(26)27)11-5-6-15-13(7-11)12-3-1-2-4-14(12)23-15/h5-7,10,18,23H,1-4,8-9H2,(H,21,22)(H,26,27)/t18-/m1/s1. The molecule has 0 radical (unpaired) electrons. The first-order valence-electron chi connectivity index (χ1n) is 9.30. The van der Waals surface area contributed by atoms with E-state index >= 15 is 0 Å². The minimum Gasteiger partial charge on any atom is -0.480 e. The van der Waals surface area contributed by atoms with Crippen LogP contribution in [0.3, 0.4) is 0 Å². The number of nitrogens with zero attached hydrogens (tertiary/aromatic N) is 2. The molecule has 1 atom stereocenters. The van der Waals surface area contributed by atoms with Crippen molar-refractivity contribution in [3.8, 4) is 0 Å². The molecule has 3 aromatic rings. The Morgan fingerprint density at radius 3 is 2.89 bits per heavy atom. The molecule has 1 aromatic carbocycles. The van der Waals surface area contributed by atoms with Gasteiger partial charge in [0.1, 0.15) is 6.04 Å². The highest BCUT2D eigenvalue weighted by atomic mass is 16.4. The maximum absolute atomic E-state index is 13.2. The third kappa shape index (κ3) is 2.53. The summed E-state index contributed by atoms with van der Waals surface area (Å²) in [6, 6.07) is 4.74. The maximum Gasteiger partial charge on any atom is 0.326 e. The van der Waals surface area contributed by atoms with Crippen LogP contribution in [0.25, 0.3) is 10.9 Å². The molecule has 7 nitrogen and oxygen atoms in total. The molecule has 138 valence electrons. The van der Waals surface area contributed by atoms with Crippen LogP contribution in [0.2, 0.25) is 0 Å². The summed E-state index contributed by atoms with van der Waals surface area (Å²) in [4.78, 5) is 37.0. The molecular formula is C20H20N4O3. The summed E-state index contributed by atoms with van der Waals surface area (Å²) in [6.45, 7) is 0.231. The molecule has 0 bridgehead atoms. The number of aromatic amines is 2. The lowest BCUT2D eigenvalue weighted by Crippen LogP contribution is -2.48. The Morgan fingerprint density at radius 2 is 2.04 bits per heavy atom. The number of carboxylic acids is 1. The first-order chi connectivity index (χ1) is 13.1. The second-order valence-corrected chi connectivity index (χ2v) is 7.37. The number of hydrogen-bond donors (Lipinski definition) is 3. The lowest BCUT2D eigenvalue weighted by Gasteiger charge is -2.32. The number of aromatic nitrogens is 3. The van der Waals surface area contributed by atoms with Crippen LogP contribution in [-0.4, -0.2) is 42.9 Å². The van der Waals surface area contributed by atoms with Gasteiger partial charge in [-0.05, 0) is 49.4 Å². The van der Waals surface area contributed by atoms with Crippen molar-refractivity contribution < 1.29 is 14.7 Å². The summed E-state index contributed by atoms with van der Waals surface area (Å²) in [5.74, 6) is -1.26. The summed E-state index contributed by atoms with van der Waals surface area (Å²) in [6.07, 6.45) is 6.19. The number of amides is 1. The van der Waals surface area contributed by atoms with Gasteiger partial charge in [-0.2, -0.15) is 0 Å². The predicted octanol–water partition coefficient (Wildman–Crippen LogP) is 2.42. The number of carbonyl (C=O) groups is 2. The minimum absolute atomic E-state index is 0.224. The number of rotatable bonds is 2. The monoisotopic (exact) mass is 364 g/mol. The molecule has 3 heterocycles. The molecule has 0 fully saturated rings. The van der Waals surface area contributed by atoms with Gasteiger partial charge in [0, 0.05) is 28.6 Å². The van der Waals surface area contributed by atoms with E-state index < -0.39 is 12.0 Å². The van der Waals surface area contributed by atoms with Crippen LogP contribution in [0.1, 0.15) is 45.8 Å². The summed E-state index contributed by atoms with van der Waals surface area (Å²) in [7, 11) is 0. The van der Waals surface area contributed by atoms with Crippen molar-refractivity contribution in [2.24, 2.45) is 0 Å². The van der Waals surface area contributed by atoms with Crippen LogP contribution in [0.5, 0.6) is 0 Å². The number of benzene rings is 1. The number of nitrogens with one attached hydrogen (secondary N) is 2. The van der Waals surface area contributed by atoms with Crippen molar-refractivity contribution in [3.63, 3.8) is 0 Å². The third-order valence-electron chi connectivity index (χ3n) is 5.79. The van der Waals surface area contributed by atoms with Crippen molar-refractivity contribution in [2.75, 3.05) is 0 Å². The molecular weight excluding hydrogens is 344 g/mol. The number of fused-ring (bicyclic) bond motifs is 4. The second kappa shape index (κ2) is 5.97. The molecule has 27 heavy (non-hydrogen) atoms. The fourth-order valence-electron chi connectivity index (χ4n) is 4.37. The normalized spacial score (nSPS) is 19.0. The Kier molecular flexibility index (Phi) is 3.56. The Balaban J connectivity index is 1.53. The van der Waals surface area contributed by atoms with Crippen molar-refractivity contribution in [1.29, 1.82) is 0 Å². The zero-order chi connectivity index (χ0) is 18.5. The highest BCUT2D eigenvalue weighted by molar-refractivity contribution is 6.00. The third-order valence-corrected chi connectivity index (χ3v) is 5.79. The zero-order valence-electron chi connectivity index (χ0n) is 14.8. The number of hydrogen-bond acceptors (Lipinski definition) is 3. The van der Waals surface area contributed by atoms with Gasteiger partial charge in [-0.25, -0.2) is 9.78 Å². The van der Waals surface area contributed by atoms with Crippen LogP contribution in [0, 0.1) is 0 Å². The average molecular weight is 364 g/mol. The number of H-pyrrole nitrogens is 2. The van der Waals surface area contributed by atoms with Gasteiger partial charge in [0.15, 0.2) is 0 Å². The van der Waals surface area contributed by atoms with Gasteiger partial charge < -0.3 is 20.0 Å². The number of carboxylic acid groups (broad SMARTS) is 1. The van der Waals surface area contributed by atoms with Crippen LogP contribution >= 0.6 is 0 Å². The van der Waals surface area contributed by atoms with Gasteiger partial charge in [0.2, 0.25) is 0 Å². The van der Waals surface area contributed by atoms with Gasteiger partial charge >= 0.3 is 5.97 Å². The van der Waals surface area contributed by atoms with Crippen molar-refractivity contribution in [3.05, 3.63) is 52.7 Å². The lowest BCUT2D eigenvalue weighted by molar-refractivity contribution is -0.142. The molecule has 2 aromatic heterocycles. The first kappa shape index (κ1) is 16.1. The predicted molar refractivity (Wildman–Crippen MR) is 98.5 cm³/mol. The topological polar surface area (TPSA) is 102 Å². The number of imidazole rings is 1. The Labute approximate surface area is 155 Å². The van der Waals surface area contributed by atoms with E-state index in [4.69, 9.17) is 0 Å². The van der Waals surface area contributed by atoms with Crippen LogP contribution in [0.4, 0.5) is 0 Å². The molecule has 1 aliphatic carbocycles. The summed E-state index contributed by atoms with van der Waals surface area (Å²) in [5, 5.41) is 10.7. The van der Waals surface area contributed by atoms with Crippen molar-refractivity contribution in [2.45, 2.75) is 44.7 Å². The molecule has 0 spiro atoms. The fraction of sp³-hybridized carbons (Fsp3) is 0.350. The first-order valence-corrected chi connectivity index (χ1v) is 9.30. The van der Waals surface area contributed by atoms with E-state index in [1.165, 1.54) is 22.6 Å². The molecule has 1 aliphatic heterocycles. The average Bonchev–Trinajstić information content (AvgIpc) is 3.29. The molecule has 5 rings (SSSR count). The number of aryl methyl sites for hydroxylation is 2.